The molecule has 10 heteroatoms. The van der Waals surface area contributed by atoms with Crippen molar-refractivity contribution in [3.8, 4) is 0 Å². The molecule has 4 rings (SSSR count). The van der Waals surface area contributed by atoms with Gasteiger partial charge < -0.3 is 4.90 Å². The summed E-state index contributed by atoms with van der Waals surface area (Å²) in [5.74, 6) is -2.68. The lowest BCUT2D eigenvalue weighted by molar-refractivity contribution is -0.142. The Morgan fingerprint density at radius 3 is 2.31 bits per heavy atom. The minimum Gasteiger partial charge on any atom is -0.320 e. The third-order valence-electron chi connectivity index (χ3n) is 5.76. The number of hydrogen-bond acceptors (Lipinski definition) is 5. The lowest BCUT2D eigenvalue weighted by Gasteiger charge is -2.39. The summed E-state index contributed by atoms with van der Waals surface area (Å²) in [4.78, 5) is 63.4. The summed E-state index contributed by atoms with van der Waals surface area (Å²) in [6.45, 7) is 1.79. The molecule has 0 aliphatic carbocycles. The standard InChI is InChI=1S/C22H17Cl2N3O5/c1-22(7-6-17(28)25-21(22)32)27-10-13-3-2-11(8-14(13)20(27)31)18(29)26-19(30)12-4-5-15(23)16(24)9-12/h2-5,8-9H,6-7,10H2,1H3,(H,25,28,32)(H,26,29,30)/t22-/m0/s1. The molecule has 2 aliphatic heterocycles. The predicted molar refractivity (Wildman–Crippen MR) is 115 cm³/mol. The van der Waals surface area contributed by atoms with E-state index < -0.39 is 29.2 Å². The molecule has 0 aromatic heterocycles. The number of carbonyl (C=O) groups is 5. The highest BCUT2D eigenvalue weighted by molar-refractivity contribution is 6.42. The fourth-order valence-electron chi connectivity index (χ4n) is 3.78. The maximum atomic E-state index is 13.1. The first-order valence-corrected chi connectivity index (χ1v) is 10.5. The predicted octanol–water partition coefficient (Wildman–Crippen LogP) is 2.71. The highest BCUT2D eigenvalue weighted by Crippen LogP contribution is 2.34. The summed E-state index contributed by atoms with van der Waals surface area (Å²) >= 11 is 11.8. The van der Waals surface area contributed by atoms with Crippen molar-refractivity contribution in [1.82, 2.24) is 15.5 Å². The zero-order valence-corrected chi connectivity index (χ0v) is 18.3. The summed E-state index contributed by atoms with van der Waals surface area (Å²) in [6.07, 6.45) is 0.343. The highest BCUT2D eigenvalue weighted by Gasteiger charge is 2.48. The minimum absolute atomic E-state index is 0.112. The molecule has 32 heavy (non-hydrogen) atoms. The minimum atomic E-state index is -1.17. The second-order valence-electron chi connectivity index (χ2n) is 7.83. The Kier molecular flexibility index (Phi) is 5.52. The van der Waals surface area contributed by atoms with Crippen LogP contribution in [0.4, 0.5) is 0 Å². The number of nitrogens with zero attached hydrogens (tertiary/aromatic N) is 1. The summed E-state index contributed by atoms with van der Waals surface area (Å²) in [6, 6.07) is 8.73. The van der Waals surface area contributed by atoms with Gasteiger partial charge in [0.1, 0.15) is 5.54 Å². The van der Waals surface area contributed by atoms with E-state index in [2.05, 4.69) is 10.6 Å². The molecule has 5 amide bonds. The lowest BCUT2D eigenvalue weighted by atomic mass is 9.89. The van der Waals surface area contributed by atoms with Crippen LogP contribution >= 0.6 is 23.2 Å². The number of imide groups is 2. The van der Waals surface area contributed by atoms with E-state index in [1.165, 1.54) is 35.2 Å². The summed E-state index contributed by atoms with van der Waals surface area (Å²) < 4.78 is 0. The Hall–Kier alpha value is -3.23. The van der Waals surface area contributed by atoms with E-state index in [4.69, 9.17) is 23.2 Å². The smallest absolute Gasteiger partial charge is 0.258 e. The molecule has 2 N–H and O–H groups in total. The van der Waals surface area contributed by atoms with Crippen LogP contribution < -0.4 is 10.6 Å². The number of nitrogens with one attached hydrogen (secondary N) is 2. The van der Waals surface area contributed by atoms with Crippen molar-refractivity contribution >= 4 is 52.7 Å². The molecule has 2 aromatic carbocycles. The quantitative estimate of drug-likeness (QED) is 0.665. The molecule has 0 bridgehead atoms. The van der Waals surface area contributed by atoms with Crippen LogP contribution in [0.3, 0.4) is 0 Å². The Bertz CT molecular complexity index is 1210. The number of benzene rings is 2. The number of halogens is 2. The maximum absolute atomic E-state index is 13.1. The van der Waals surface area contributed by atoms with Crippen LogP contribution in [0.2, 0.25) is 10.0 Å². The summed E-state index contributed by atoms with van der Waals surface area (Å²) in [5, 5.41) is 4.99. The van der Waals surface area contributed by atoms with Gasteiger partial charge in [-0.15, -0.1) is 0 Å². The highest BCUT2D eigenvalue weighted by atomic mass is 35.5. The van der Waals surface area contributed by atoms with Crippen molar-refractivity contribution in [3.63, 3.8) is 0 Å². The summed E-state index contributed by atoms with van der Waals surface area (Å²) in [7, 11) is 0. The van der Waals surface area contributed by atoms with E-state index in [0.29, 0.717) is 5.56 Å². The average molecular weight is 474 g/mol. The Morgan fingerprint density at radius 2 is 1.66 bits per heavy atom. The lowest BCUT2D eigenvalue weighted by Crippen LogP contribution is -2.61. The molecule has 8 nitrogen and oxygen atoms in total. The van der Waals surface area contributed by atoms with E-state index in [9.17, 15) is 24.0 Å². The van der Waals surface area contributed by atoms with Crippen molar-refractivity contribution in [2.75, 3.05) is 0 Å². The van der Waals surface area contributed by atoms with Crippen molar-refractivity contribution in [3.05, 3.63) is 68.7 Å². The average Bonchev–Trinajstić information content (AvgIpc) is 3.09. The normalized spacial score (nSPS) is 20.1. The van der Waals surface area contributed by atoms with Crippen molar-refractivity contribution < 1.29 is 24.0 Å². The number of amides is 5. The molecule has 164 valence electrons. The molecule has 2 aliphatic rings. The molecule has 0 radical (unpaired) electrons. The van der Waals surface area contributed by atoms with Crippen LogP contribution in [0, 0.1) is 0 Å². The second-order valence-corrected chi connectivity index (χ2v) is 8.64. The number of fused-ring (bicyclic) bond motifs is 1. The van der Waals surface area contributed by atoms with Crippen LogP contribution in [0.5, 0.6) is 0 Å². The first kappa shape index (κ1) is 22.0. The molecular weight excluding hydrogens is 457 g/mol. The number of rotatable bonds is 3. The van der Waals surface area contributed by atoms with Crippen LogP contribution in [0.25, 0.3) is 0 Å². The number of hydrogen-bond donors (Lipinski definition) is 2. The van der Waals surface area contributed by atoms with Gasteiger partial charge in [-0.05, 0) is 49.2 Å². The molecular formula is C22H17Cl2N3O5. The first-order valence-electron chi connectivity index (χ1n) is 9.70. The molecule has 1 atom stereocenters. The van der Waals surface area contributed by atoms with Gasteiger partial charge in [-0.25, -0.2) is 0 Å². The third kappa shape index (κ3) is 3.76. The van der Waals surface area contributed by atoms with E-state index in [1.807, 2.05) is 0 Å². The fraction of sp³-hybridized carbons (Fsp3) is 0.227. The zero-order chi connectivity index (χ0) is 23.2. The van der Waals surface area contributed by atoms with E-state index in [-0.39, 0.29) is 52.0 Å². The van der Waals surface area contributed by atoms with Crippen LogP contribution in [0.15, 0.2) is 36.4 Å². The molecule has 1 fully saturated rings. The Labute approximate surface area is 192 Å². The van der Waals surface area contributed by atoms with Gasteiger partial charge >= 0.3 is 0 Å². The van der Waals surface area contributed by atoms with Gasteiger partial charge in [0.15, 0.2) is 0 Å². The van der Waals surface area contributed by atoms with Crippen molar-refractivity contribution in [1.29, 1.82) is 0 Å². The van der Waals surface area contributed by atoms with Crippen molar-refractivity contribution in [2.24, 2.45) is 0 Å². The first-order chi connectivity index (χ1) is 15.1. The molecule has 1 saturated heterocycles. The van der Waals surface area contributed by atoms with Crippen LogP contribution in [-0.2, 0) is 16.1 Å². The van der Waals surface area contributed by atoms with E-state index in [1.54, 1.807) is 13.0 Å². The van der Waals surface area contributed by atoms with E-state index >= 15 is 0 Å². The molecule has 2 aromatic rings. The molecule has 0 spiro atoms. The van der Waals surface area contributed by atoms with Gasteiger partial charge in [-0.1, -0.05) is 29.3 Å². The van der Waals surface area contributed by atoms with Gasteiger partial charge in [0.2, 0.25) is 5.91 Å². The fourth-order valence-corrected chi connectivity index (χ4v) is 4.08. The number of piperidine rings is 1. The number of carbonyl (C=O) groups excluding carboxylic acids is 5. The van der Waals surface area contributed by atoms with Crippen LogP contribution in [-0.4, -0.2) is 40.0 Å². The van der Waals surface area contributed by atoms with Gasteiger partial charge in [-0.2, -0.15) is 0 Å². The molecule has 0 unspecified atom stereocenters. The SMILES string of the molecule is C[C@]1(N2Cc3ccc(C(=O)NC(=O)c4ccc(Cl)c(Cl)c4)cc3C2=O)CCC(=O)NC1=O. The third-order valence-corrected chi connectivity index (χ3v) is 6.50. The van der Waals surface area contributed by atoms with Crippen LogP contribution in [0.1, 0.15) is 56.4 Å². The van der Waals surface area contributed by atoms with Gasteiger partial charge in [0, 0.05) is 29.7 Å². The Balaban J connectivity index is 1.53. The monoisotopic (exact) mass is 473 g/mol. The zero-order valence-electron chi connectivity index (χ0n) is 16.8. The topological polar surface area (TPSA) is 113 Å². The Morgan fingerprint density at radius 1 is 1.00 bits per heavy atom. The van der Waals surface area contributed by atoms with Gasteiger partial charge in [0.05, 0.1) is 10.0 Å². The van der Waals surface area contributed by atoms with Crippen molar-refractivity contribution in [2.45, 2.75) is 31.8 Å². The van der Waals surface area contributed by atoms with E-state index in [0.717, 1.165) is 0 Å². The van der Waals surface area contributed by atoms with Gasteiger partial charge in [-0.3, -0.25) is 34.6 Å². The maximum Gasteiger partial charge on any atom is 0.258 e. The van der Waals surface area contributed by atoms with Gasteiger partial charge in [0.25, 0.3) is 23.6 Å². The largest absolute Gasteiger partial charge is 0.320 e. The second kappa shape index (κ2) is 8.03. The summed E-state index contributed by atoms with van der Waals surface area (Å²) in [5.41, 5.74) is 0.0116. The molecule has 2 heterocycles. The molecule has 0 saturated carbocycles.